The lowest BCUT2D eigenvalue weighted by Crippen LogP contribution is -2.05. The second kappa shape index (κ2) is 5.05. The third-order valence-electron chi connectivity index (χ3n) is 2.48. The molecule has 1 aromatic heterocycles. The van der Waals surface area contributed by atoms with Crippen LogP contribution in [0.15, 0.2) is 30.5 Å². The molecule has 1 heterocycles. The van der Waals surface area contributed by atoms with Gasteiger partial charge in [0.05, 0.1) is 19.3 Å². The van der Waals surface area contributed by atoms with Crippen molar-refractivity contribution < 1.29 is 4.74 Å². The molecule has 1 atom stereocenters. The number of nitrogens with one attached hydrogen (secondary N) is 1. The summed E-state index contributed by atoms with van der Waals surface area (Å²) in [5.41, 5.74) is 6.81. The summed E-state index contributed by atoms with van der Waals surface area (Å²) in [6.45, 7) is 2.08. The predicted molar refractivity (Wildman–Crippen MR) is 71.6 cm³/mol. The smallest absolute Gasteiger partial charge is 0.185 e. The molecule has 0 bridgehead atoms. The molecule has 1 aromatic carbocycles. The van der Waals surface area contributed by atoms with Crippen molar-refractivity contribution in [3.05, 3.63) is 36.0 Å². The van der Waals surface area contributed by atoms with Crippen molar-refractivity contribution in [3.63, 3.8) is 0 Å². The Hall–Kier alpha value is -1.75. The van der Waals surface area contributed by atoms with Gasteiger partial charge in [0, 0.05) is 0 Å². The van der Waals surface area contributed by atoms with Gasteiger partial charge in [-0.15, -0.1) is 0 Å². The first-order chi connectivity index (χ1) is 8.19. The molecule has 0 radical (unpaired) electrons. The molecule has 5 heteroatoms. The number of nitrogens with two attached hydrogens (primary N) is 1. The number of hydrogen-bond acceptors (Lipinski definition) is 5. The number of thiazole rings is 1. The standard InChI is InChI=1S/C12H15N3OS/c1-8(15-12-14-7-11(13)17-12)9-3-5-10(16-2)6-4-9/h3-8H,13H2,1-2H3,(H,14,15). The van der Waals surface area contributed by atoms with E-state index in [1.807, 2.05) is 24.3 Å². The molecule has 0 saturated carbocycles. The van der Waals surface area contributed by atoms with Gasteiger partial charge in [0.15, 0.2) is 5.13 Å². The molecule has 0 aliphatic carbocycles. The minimum atomic E-state index is 0.187. The maximum atomic E-state index is 5.63. The highest BCUT2D eigenvalue weighted by Crippen LogP contribution is 2.25. The summed E-state index contributed by atoms with van der Waals surface area (Å²) in [7, 11) is 1.66. The fraction of sp³-hybridized carbons (Fsp3) is 0.250. The minimum Gasteiger partial charge on any atom is -0.497 e. The van der Waals surface area contributed by atoms with Crippen molar-refractivity contribution in [2.24, 2.45) is 0 Å². The molecule has 0 saturated heterocycles. The fourth-order valence-electron chi connectivity index (χ4n) is 1.51. The quantitative estimate of drug-likeness (QED) is 0.874. The first kappa shape index (κ1) is 11.7. The van der Waals surface area contributed by atoms with Crippen LogP contribution >= 0.6 is 11.3 Å². The van der Waals surface area contributed by atoms with Gasteiger partial charge in [-0.05, 0) is 24.6 Å². The molecule has 0 spiro atoms. The van der Waals surface area contributed by atoms with Crippen molar-refractivity contribution in [2.75, 3.05) is 18.2 Å². The van der Waals surface area contributed by atoms with E-state index in [1.54, 1.807) is 13.3 Å². The van der Waals surface area contributed by atoms with Crippen molar-refractivity contribution in [2.45, 2.75) is 13.0 Å². The van der Waals surface area contributed by atoms with E-state index in [-0.39, 0.29) is 6.04 Å². The fourth-order valence-corrected chi connectivity index (χ4v) is 2.18. The number of benzene rings is 1. The molecule has 0 fully saturated rings. The van der Waals surface area contributed by atoms with Crippen molar-refractivity contribution in [3.8, 4) is 5.75 Å². The molecule has 3 N–H and O–H groups in total. The average molecular weight is 249 g/mol. The van der Waals surface area contributed by atoms with E-state index in [0.717, 1.165) is 15.9 Å². The van der Waals surface area contributed by atoms with Gasteiger partial charge in [0.2, 0.25) is 0 Å². The predicted octanol–water partition coefficient (Wildman–Crippen LogP) is 2.91. The van der Waals surface area contributed by atoms with Crippen molar-refractivity contribution in [1.29, 1.82) is 0 Å². The molecular formula is C12H15N3OS. The number of rotatable bonds is 4. The molecule has 2 rings (SSSR count). The van der Waals surface area contributed by atoms with E-state index in [1.165, 1.54) is 16.9 Å². The van der Waals surface area contributed by atoms with Crippen LogP contribution in [0.2, 0.25) is 0 Å². The third kappa shape index (κ3) is 2.88. The van der Waals surface area contributed by atoms with Crippen molar-refractivity contribution in [1.82, 2.24) is 4.98 Å². The van der Waals surface area contributed by atoms with E-state index >= 15 is 0 Å². The van der Waals surface area contributed by atoms with Crippen LogP contribution in [0, 0.1) is 0 Å². The number of anilines is 2. The number of methoxy groups -OCH3 is 1. The lowest BCUT2D eigenvalue weighted by atomic mass is 10.1. The summed E-state index contributed by atoms with van der Waals surface area (Å²) >= 11 is 1.45. The molecule has 0 aliphatic rings. The highest BCUT2D eigenvalue weighted by molar-refractivity contribution is 7.19. The first-order valence-electron chi connectivity index (χ1n) is 5.31. The summed E-state index contributed by atoms with van der Waals surface area (Å²) in [6.07, 6.45) is 1.66. The minimum absolute atomic E-state index is 0.187. The Labute approximate surface area is 104 Å². The van der Waals surface area contributed by atoms with Crippen LogP contribution in [0.5, 0.6) is 5.75 Å². The zero-order chi connectivity index (χ0) is 12.3. The Bertz CT molecular complexity index is 481. The summed E-state index contributed by atoms with van der Waals surface area (Å²) in [5, 5.41) is 4.86. The Morgan fingerprint density at radius 3 is 2.59 bits per heavy atom. The molecule has 0 aliphatic heterocycles. The zero-order valence-electron chi connectivity index (χ0n) is 9.81. The molecular weight excluding hydrogens is 234 g/mol. The van der Waals surface area contributed by atoms with Crippen LogP contribution in [-0.4, -0.2) is 12.1 Å². The number of hydrogen-bond donors (Lipinski definition) is 2. The Balaban J connectivity index is 2.06. The second-order valence-electron chi connectivity index (χ2n) is 3.71. The van der Waals surface area contributed by atoms with Gasteiger partial charge in [-0.3, -0.25) is 0 Å². The van der Waals surface area contributed by atoms with Crippen molar-refractivity contribution >= 4 is 21.5 Å². The lowest BCUT2D eigenvalue weighted by Gasteiger charge is -2.13. The molecule has 0 amide bonds. The molecule has 4 nitrogen and oxygen atoms in total. The van der Waals surface area contributed by atoms with Crippen LogP contribution in [-0.2, 0) is 0 Å². The average Bonchev–Trinajstić information content (AvgIpc) is 2.75. The Kier molecular flexibility index (Phi) is 3.49. The highest BCUT2D eigenvalue weighted by Gasteiger charge is 2.07. The monoisotopic (exact) mass is 249 g/mol. The molecule has 90 valence electrons. The number of aromatic nitrogens is 1. The second-order valence-corrected chi connectivity index (χ2v) is 4.77. The molecule has 17 heavy (non-hydrogen) atoms. The van der Waals surface area contributed by atoms with Crippen LogP contribution < -0.4 is 15.8 Å². The summed E-state index contributed by atoms with van der Waals surface area (Å²) in [5.74, 6) is 0.861. The van der Waals surface area contributed by atoms with Gasteiger partial charge in [0.1, 0.15) is 10.8 Å². The zero-order valence-corrected chi connectivity index (χ0v) is 10.6. The van der Waals surface area contributed by atoms with E-state index in [4.69, 9.17) is 10.5 Å². The van der Waals surface area contributed by atoms with Gasteiger partial charge >= 0.3 is 0 Å². The van der Waals surface area contributed by atoms with Gasteiger partial charge < -0.3 is 15.8 Å². The van der Waals surface area contributed by atoms with Crippen LogP contribution in [0.1, 0.15) is 18.5 Å². The normalized spacial score (nSPS) is 12.1. The van der Waals surface area contributed by atoms with Crippen LogP contribution in [0.25, 0.3) is 0 Å². The van der Waals surface area contributed by atoms with Gasteiger partial charge in [0.25, 0.3) is 0 Å². The SMILES string of the molecule is COc1ccc(C(C)Nc2ncc(N)s2)cc1. The maximum absolute atomic E-state index is 5.63. The van der Waals surface area contributed by atoms with E-state index in [2.05, 4.69) is 17.2 Å². The summed E-state index contributed by atoms with van der Waals surface area (Å²) < 4.78 is 5.12. The van der Waals surface area contributed by atoms with E-state index < -0.39 is 0 Å². The highest BCUT2D eigenvalue weighted by atomic mass is 32.1. The van der Waals surface area contributed by atoms with Crippen LogP contribution in [0.3, 0.4) is 0 Å². The van der Waals surface area contributed by atoms with Gasteiger partial charge in [-0.1, -0.05) is 23.5 Å². The van der Waals surface area contributed by atoms with Gasteiger partial charge in [-0.25, -0.2) is 4.98 Å². The van der Waals surface area contributed by atoms with E-state index in [9.17, 15) is 0 Å². The number of ether oxygens (including phenoxy) is 1. The largest absolute Gasteiger partial charge is 0.497 e. The number of nitrogens with zero attached hydrogens (tertiary/aromatic N) is 1. The maximum Gasteiger partial charge on any atom is 0.185 e. The topological polar surface area (TPSA) is 60.2 Å². The lowest BCUT2D eigenvalue weighted by molar-refractivity contribution is 0.414. The Morgan fingerprint density at radius 1 is 1.35 bits per heavy atom. The summed E-state index contributed by atoms with van der Waals surface area (Å²) in [4.78, 5) is 4.17. The summed E-state index contributed by atoms with van der Waals surface area (Å²) in [6, 6.07) is 8.15. The van der Waals surface area contributed by atoms with Crippen LogP contribution in [0.4, 0.5) is 10.1 Å². The first-order valence-corrected chi connectivity index (χ1v) is 6.12. The molecule has 1 unspecified atom stereocenters. The Morgan fingerprint density at radius 2 is 2.06 bits per heavy atom. The van der Waals surface area contributed by atoms with Gasteiger partial charge in [-0.2, -0.15) is 0 Å². The van der Waals surface area contributed by atoms with E-state index in [0.29, 0.717) is 0 Å². The molecule has 2 aromatic rings. The third-order valence-corrected chi connectivity index (χ3v) is 3.24. The number of nitrogen functional groups attached to an aromatic ring is 1.